The van der Waals surface area contributed by atoms with Gasteiger partial charge in [0.05, 0.1) is 60.7 Å². The number of para-hydroxylation sites is 8. The third kappa shape index (κ3) is 4.92. The fourth-order valence-electron chi connectivity index (χ4n) is 9.57. The molecule has 5 heteroatoms. The Morgan fingerprint density at radius 3 is 1.39 bits per heavy atom. The fraction of sp³-hybridized carbons (Fsp3) is 0. The summed E-state index contributed by atoms with van der Waals surface area (Å²) in [4.78, 5) is 5.20. The van der Waals surface area contributed by atoms with Gasteiger partial charge in [-0.1, -0.05) is 157 Å². The first-order chi connectivity index (χ1) is 38.4. The molecule has 0 bridgehead atoms. The molecule has 5 nitrogen and oxygen atoms in total. The van der Waals surface area contributed by atoms with E-state index >= 15 is 0 Å². The molecule has 0 aliphatic carbocycles. The maximum atomic E-state index is 9.52. The molecule has 5 aromatic heterocycles. The van der Waals surface area contributed by atoms with E-state index in [2.05, 4.69) is 4.57 Å². The zero-order valence-electron chi connectivity index (χ0n) is 49.2. The smallest absolute Gasteiger partial charge is 0.143 e. The summed E-state index contributed by atoms with van der Waals surface area (Å²) >= 11 is 0. The number of benzene rings is 9. The van der Waals surface area contributed by atoms with Crippen molar-refractivity contribution < 1.29 is 26.3 Å². The largest absolute Gasteiger partial charge is 0.455 e. The molecule has 14 aromatic rings. The van der Waals surface area contributed by atoms with Gasteiger partial charge >= 0.3 is 0 Å². The predicted octanol–water partition coefficient (Wildman–Crippen LogP) is 15.6. The Balaban J connectivity index is 1.25. The molecular formula is C59H36N4O. The molecule has 0 amide bonds. The molecule has 0 aliphatic rings. The summed E-state index contributed by atoms with van der Waals surface area (Å²) in [5, 5.41) is 2.62. The van der Waals surface area contributed by atoms with E-state index < -0.39 is 96.7 Å². The number of hydrogen-bond donors (Lipinski definition) is 0. The third-order valence-corrected chi connectivity index (χ3v) is 12.2. The lowest BCUT2D eigenvalue weighted by Crippen LogP contribution is -2.06. The van der Waals surface area contributed by atoms with Crippen molar-refractivity contribution in [3.63, 3.8) is 0 Å². The highest BCUT2D eigenvalue weighted by Gasteiger charge is 2.24. The van der Waals surface area contributed by atoms with E-state index in [1.807, 2.05) is 109 Å². The van der Waals surface area contributed by atoms with Crippen molar-refractivity contribution in [1.29, 1.82) is 0 Å². The van der Waals surface area contributed by atoms with Crippen LogP contribution in [-0.2, 0) is 0 Å². The van der Waals surface area contributed by atoms with Crippen molar-refractivity contribution in [2.45, 2.75) is 0 Å². The predicted molar refractivity (Wildman–Crippen MR) is 265 cm³/mol. The monoisotopic (exact) mass is 832 g/mol. The summed E-state index contributed by atoms with van der Waals surface area (Å²) in [7, 11) is 0. The van der Waals surface area contributed by atoms with E-state index in [0.29, 0.717) is 39.1 Å². The fourth-order valence-corrected chi connectivity index (χ4v) is 9.57. The minimum atomic E-state index is -0.675. The molecule has 14 rings (SSSR count). The molecule has 5 heterocycles. The quantitative estimate of drug-likeness (QED) is 0.173. The Kier molecular flexibility index (Phi) is 4.81. The number of aromatic nitrogens is 4. The zero-order chi connectivity index (χ0) is 55.8. The minimum Gasteiger partial charge on any atom is -0.455 e. The van der Waals surface area contributed by atoms with E-state index in [-0.39, 0.29) is 55.2 Å². The van der Waals surface area contributed by atoms with Crippen LogP contribution in [-0.4, -0.2) is 18.7 Å². The van der Waals surface area contributed by atoms with Crippen LogP contribution in [0, 0.1) is 0 Å². The van der Waals surface area contributed by atoms with Crippen LogP contribution in [0.4, 0.5) is 0 Å². The van der Waals surface area contributed by atoms with Crippen molar-refractivity contribution >= 4 is 87.4 Å². The number of hydrogen-bond acceptors (Lipinski definition) is 2. The molecule has 0 N–H and O–H groups in total. The van der Waals surface area contributed by atoms with E-state index in [9.17, 15) is 11.0 Å². The second-order valence-corrected chi connectivity index (χ2v) is 15.5. The van der Waals surface area contributed by atoms with Crippen LogP contribution in [0.1, 0.15) is 21.9 Å². The van der Waals surface area contributed by atoms with Crippen LogP contribution in [0.25, 0.3) is 127 Å². The molecule has 0 aliphatic heterocycles. The Hall–Kier alpha value is -8.67. The molecule has 298 valence electrons. The van der Waals surface area contributed by atoms with Crippen molar-refractivity contribution in [2.75, 3.05) is 0 Å². The molecule has 9 aromatic carbocycles. The van der Waals surface area contributed by atoms with E-state index in [1.165, 1.54) is 9.13 Å². The van der Waals surface area contributed by atoms with Gasteiger partial charge in [0, 0.05) is 54.2 Å². The van der Waals surface area contributed by atoms with Gasteiger partial charge in [-0.2, -0.15) is 0 Å². The number of nitrogens with zero attached hydrogens (tertiary/aromatic N) is 4. The number of furan rings is 1. The van der Waals surface area contributed by atoms with Crippen LogP contribution < -0.4 is 0 Å². The number of rotatable bonds is 5. The van der Waals surface area contributed by atoms with Crippen LogP contribution in [0.5, 0.6) is 0 Å². The molecular weight excluding hydrogens is 781 g/mol. The van der Waals surface area contributed by atoms with Gasteiger partial charge in [0.1, 0.15) is 22.8 Å². The summed E-state index contributed by atoms with van der Waals surface area (Å²) in [6, 6.07) is 28.1. The van der Waals surface area contributed by atoms with Crippen LogP contribution in [0.2, 0.25) is 0 Å². The van der Waals surface area contributed by atoms with Crippen molar-refractivity contribution in [3.05, 3.63) is 218 Å². The lowest BCUT2D eigenvalue weighted by Gasteiger charge is -2.21. The van der Waals surface area contributed by atoms with Gasteiger partial charge in [-0.25, -0.2) is 4.98 Å². The number of pyridine rings is 1. The first-order valence-electron chi connectivity index (χ1n) is 28.5. The maximum absolute atomic E-state index is 9.52. The van der Waals surface area contributed by atoms with Crippen LogP contribution >= 0.6 is 0 Å². The lowest BCUT2D eigenvalue weighted by molar-refractivity contribution is 0.670. The molecule has 0 radical (unpaired) electrons. The Morgan fingerprint density at radius 1 is 0.375 bits per heavy atom. The molecule has 0 saturated carbocycles. The first kappa shape index (κ1) is 23.0. The maximum Gasteiger partial charge on any atom is 0.143 e. The van der Waals surface area contributed by atoms with Gasteiger partial charge in [-0.3, -0.25) is 9.13 Å². The summed E-state index contributed by atoms with van der Waals surface area (Å²) in [5.74, 6) is -0.400. The summed E-state index contributed by atoms with van der Waals surface area (Å²) in [6.07, 6.45) is 0. The van der Waals surface area contributed by atoms with Crippen molar-refractivity contribution in [3.8, 4) is 39.6 Å². The first-order valence-corrected chi connectivity index (χ1v) is 20.5. The van der Waals surface area contributed by atoms with Crippen molar-refractivity contribution in [2.24, 2.45) is 0 Å². The molecule has 64 heavy (non-hydrogen) atoms. The molecule has 0 atom stereocenters. The highest BCUT2D eigenvalue weighted by atomic mass is 16.3. The average molecular weight is 833 g/mol. The Labute approximate surface area is 389 Å². The summed E-state index contributed by atoms with van der Waals surface area (Å²) in [6.45, 7) is 0. The van der Waals surface area contributed by atoms with Gasteiger partial charge in [-0.05, 0) is 71.7 Å². The second-order valence-electron chi connectivity index (χ2n) is 15.5. The van der Waals surface area contributed by atoms with E-state index in [1.54, 1.807) is 12.1 Å². The Morgan fingerprint density at radius 2 is 0.828 bits per heavy atom. The average Bonchev–Trinajstić information content (AvgIpc) is 3.72. The second kappa shape index (κ2) is 13.4. The van der Waals surface area contributed by atoms with Crippen molar-refractivity contribution in [1.82, 2.24) is 18.7 Å². The third-order valence-electron chi connectivity index (χ3n) is 12.2. The van der Waals surface area contributed by atoms with Gasteiger partial charge in [0.15, 0.2) is 0 Å². The van der Waals surface area contributed by atoms with Gasteiger partial charge in [0.25, 0.3) is 0 Å². The highest BCUT2D eigenvalue weighted by molar-refractivity contribution is 6.14. The number of fused-ring (bicyclic) bond motifs is 12. The molecule has 0 spiro atoms. The van der Waals surface area contributed by atoms with Crippen LogP contribution in [0.15, 0.2) is 222 Å². The minimum absolute atomic E-state index is 0.200. The standard InChI is InChI=1S/C59H36N4O/c1-8-27-48-38(17-1)39-18-2-9-28-49(39)61(48)54-33-16-24-45(47-26-15-25-46-44-23-7-14-34-55(44)64-59(46)47)58(54)37-35-56(62-50-29-10-3-19-40(50)41-20-4-11-30-51(41)62)60-57(36-37)63-52-31-12-5-21-42(52)43-22-6-13-32-53(43)63/h1-36H/i3D,4D,5D,6D,10D,11D,12D,13D,19D,20D,21D,22D,29D,30D,31D,32D. The van der Waals surface area contributed by atoms with E-state index in [4.69, 9.17) is 20.4 Å². The van der Waals surface area contributed by atoms with Crippen LogP contribution in [0.3, 0.4) is 0 Å². The molecule has 0 saturated heterocycles. The zero-order valence-corrected chi connectivity index (χ0v) is 33.2. The normalized spacial score (nSPS) is 15.6. The Bertz CT molecular complexity index is 4780. The highest BCUT2D eigenvalue weighted by Crippen LogP contribution is 2.46. The topological polar surface area (TPSA) is 40.8 Å². The van der Waals surface area contributed by atoms with Gasteiger partial charge in [-0.15, -0.1) is 0 Å². The molecule has 0 unspecified atom stereocenters. The lowest BCUT2D eigenvalue weighted by atomic mass is 9.91. The van der Waals surface area contributed by atoms with Gasteiger partial charge < -0.3 is 8.98 Å². The summed E-state index contributed by atoms with van der Waals surface area (Å²) in [5.41, 5.74) is 4.34. The molecule has 0 fully saturated rings. The SMILES string of the molecule is [2H]c1c([2H])c([2H])c2c(c1[2H])c1c([2H])c([2H])c([2H])c([2H])c1n2-c1cc(-c2c(-c3cccc4c3oc3ccccc34)cccc2-n2c3ccccc3c3ccccc32)cc(-n2c3c([2H])c([2H])c([2H])c([2H])c3c3c([2H])c([2H])c([2H])c([2H])c32)n1. The van der Waals surface area contributed by atoms with Gasteiger partial charge in [0.2, 0.25) is 0 Å². The summed E-state index contributed by atoms with van der Waals surface area (Å²) < 4.78 is 158. The van der Waals surface area contributed by atoms with E-state index in [0.717, 1.165) is 32.6 Å².